The molecule has 0 N–H and O–H groups in total. The zero-order chi connectivity index (χ0) is 11.1. The summed E-state index contributed by atoms with van der Waals surface area (Å²) in [6.45, 7) is 6.94. The summed E-state index contributed by atoms with van der Waals surface area (Å²) in [4.78, 5) is 11.5. The summed E-state index contributed by atoms with van der Waals surface area (Å²) in [7, 11) is 0. The first-order valence-corrected chi connectivity index (χ1v) is 5.39. The molecule has 0 aliphatic carbocycles. The standard InChI is InChI=1S/C12H18O3/c1-3-5-8-14-12(13)10(4-2)6-7-11-9-15-11/h4,6,11H,2-3,5,7-9H2,1H3. The fraction of sp³-hybridized carbons (Fsp3) is 0.583. The van der Waals surface area contributed by atoms with Crippen LogP contribution in [0.15, 0.2) is 24.3 Å². The number of carbonyl (C=O) groups excluding carboxylic acids is 1. The number of carbonyl (C=O) groups is 1. The van der Waals surface area contributed by atoms with E-state index in [1.54, 1.807) is 0 Å². The van der Waals surface area contributed by atoms with Gasteiger partial charge < -0.3 is 9.47 Å². The second-order valence-corrected chi connectivity index (χ2v) is 3.54. The molecule has 15 heavy (non-hydrogen) atoms. The highest BCUT2D eigenvalue weighted by Crippen LogP contribution is 2.15. The summed E-state index contributed by atoms with van der Waals surface area (Å²) in [5, 5.41) is 0. The van der Waals surface area contributed by atoms with Crippen LogP contribution >= 0.6 is 0 Å². The molecule has 0 amide bonds. The minimum absolute atomic E-state index is 0.279. The molecule has 1 aliphatic rings. The number of ether oxygens (including phenoxy) is 2. The van der Waals surface area contributed by atoms with E-state index in [2.05, 4.69) is 13.5 Å². The lowest BCUT2D eigenvalue weighted by Crippen LogP contribution is -2.07. The highest BCUT2D eigenvalue weighted by atomic mass is 16.6. The molecule has 3 heteroatoms. The molecule has 0 radical (unpaired) electrons. The van der Waals surface area contributed by atoms with Crippen molar-refractivity contribution in [2.45, 2.75) is 32.3 Å². The van der Waals surface area contributed by atoms with Gasteiger partial charge in [0.15, 0.2) is 0 Å². The van der Waals surface area contributed by atoms with Crippen molar-refractivity contribution >= 4 is 5.97 Å². The van der Waals surface area contributed by atoms with Gasteiger partial charge in [0.25, 0.3) is 0 Å². The molecule has 0 aromatic carbocycles. The van der Waals surface area contributed by atoms with Crippen molar-refractivity contribution in [2.24, 2.45) is 0 Å². The largest absolute Gasteiger partial charge is 0.462 e. The zero-order valence-corrected chi connectivity index (χ0v) is 9.20. The zero-order valence-electron chi connectivity index (χ0n) is 9.20. The molecule has 84 valence electrons. The van der Waals surface area contributed by atoms with Crippen LogP contribution < -0.4 is 0 Å². The van der Waals surface area contributed by atoms with Gasteiger partial charge in [0, 0.05) is 0 Å². The summed E-state index contributed by atoms with van der Waals surface area (Å²) >= 11 is 0. The van der Waals surface area contributed by atoms with Crippen LogP contribution in [0.25, 0.3) is 0 Å². The van der Waals surface area contributed by atoms with Crippen molar-refractivity contribution in [1.82, 2.24) is 0 Å². The summed E-state index contributed by atoms with van der Waals surface area (Å²) in [5.74, 6) is -0.279. The number of epoxide rings is 1. The van der Waals surface area contributed by atoms with Crippen LogP contribution in [0.2, 0.25) is 0 Å². The minimum Gasteiger partial charge on any atom is -0.462 e. The summed E-state index contributed by atoms with van der Waals surface area (Å²) < 4.78 is 10.1. The highest BCUT2D eigenvalue weighted by molar-refractivity contribution is 5.91. The number of unbranched alkanes of at least 4 members (excludes halogenated alkanes) is 1. The first-order valence-electron chi connectivity index (χ1n) is 5.39. The molecule has 3 nitrogen and oxygen atoms in total. The second-order valence-electron chi connectivity index (χ2n) is 3.54. The van der Waals surface area contributed by atoms with E-state index in [1.807, 2.05) is 6.08 Å². The summed E-state index contributed by atoms with van der Waals surface area (Å²) in [5.41, 5.74) is 0.543. The van der Waals surface area contributed by atoms with E-state index in [1.165, 1.54) is 6.08 Å². The van der Waals surface area contributed by atoms with Crippen LogP contribution in [0.4, 0.5) is 0 Å². The highest BCUT2D eigenvalue weighted by Gasteiger charge is 2.21. The van der Waals surface area contributed by atoms with E-state index in [0.717, 1.165) is 25.9 Å². The van der Waals surface area contributed by atoms with Gasteiger partial charge in [0.1, 0.15) is 0 Å². The maximum absolute atomic E-state index is 11.5. The van der Waals surface area contributed by atoms with Gasteiger partial charge >= 0.3 is 5.97 Å². The van der Waals surface area contributed by atoms with E-state index in [4.69, 9.17) is 9.47 Å². The van der Waals surface area contributed by atoms with Gasteiger partial charge in [-0.2, -0.15) is 0 Å². The third kappa shape index (κ3) is 4.79. The Morgan fingerprint density at radius 1 is 1.67 bits per heavy atom. The van der Waals surface area contributed by atoms with Gasteiger partial charge in [-0.15, -0.1) is 0 Å². The van der Waals surface area contributed by atoms with E-state index in [9.17, 15) is 4.79 Å². The Morgan fingerprint density at radius 3 is 2.93 bits per heavy atom. The molecule has 1 saturated heterocycles. The van der Waals surface area contributed by atoms with Gasteiger partial charge in [-0.25, -0.2) is 4.79 Å². The van der Waals surface area contributed by atoms with Crippen LogP contribution in [0, 0.1) is 0 Å². The quantitative estimate of drug-likeness (QED) is 0.213. The average Bonchev–Trinajstić information content (AvgIpc) is 3.03. The molecule has 1 aliphatic heterocycles. The maximum Gasteiger partial charge on any atom is 0.337 e. The monoisotopic (exact) mass is 210 g/mol. The molecule has 0 spiro atoms. The predicted molar refractivity (Wildman–Crippen MR) is 58.5 cm³/mol. The van der Waals surface area contributed by atoms with Crippen molar-refractivity contribution in [1.29, 1.82) is 0 Å². The first-order chi connectivity index (χ1) is 7.27. The Morgan fingerprint density at radius 2 is 2.40 bits per heavy atom. The number of esters is 1. The third-order valence-electron chi connectivity index (χ3n) is 2.19. The normalized spacial score (nSPS) is 19.8. The van der Waals surface area contributed by atoms with Gasteiger partial charge in [-0.1, -0.05) is 32.1 Å². The van der Waals surface area contributed by atoms with E-state index in [-0.39, 0.29) is 5.97 Å². The average molecular weight is 210 g/mol. The van der Waals surface area contributed by atoms with Crippen molar-refractivity contribution in [2.75, 3.05) is 13.2 Å². The molecule has 1 unspecified atom stereocenters. The van der Waals surface area contributed by atoms with Crippen LogP contribution in [0.5, 0.6) is 0 Å². The maximum atomic E-state index is 11.5. The Balaban J connectivity index is 2.31. The Hall–Kier alpha value is -1.09. The fourth-order valence-electron chi connectivity index (χ4n) is 1.11. The van der Waals surface area contributed by atoms with Crippen LogP contribution in [0.3, 0.4) is 0 Å². The summed E-state index contributed by atoms with van der Waals surface area (Å²) in [6.07, 6.45) is 6.36. The first kappa shape index (κ1) is 12.0. The Labute approximate surface area is 90.8 Å². The second kappa shape index (κ2) is 6.40. The molecular weight excluding hydrogens is 192 g/mol. The molecule has 1 atom stereocenters. The Kier molecular flexibility index (Phi) is 5.12. The lowest BCUT2D eigenvalue weighted by Gasteiger charge is -2.03. The number of hydrogen-bond acceptors (Lipinski definition) is 3. The number of rotatable bonds is 7. The molecule has 0 bridgehead atoms. The topological polar surface area (TPSA) is 38.8 Å². The van der Waals surface area contributed by atoms with Gasteiger partial charge in [-0.3, -0.25) is 0 Å². The van der Waals surface area contributed by atoms with E-state index < -0.39 is 0 Å². The SMILES string of the molecule is C=CC(=CCC1CO1)C(=O)OCCCC. The molecular formula is C12H18O3. The lowest BCUT2D eigenvalue weighted by molar-refractivity contribution is -0.138. The molecule has 0 aromatic heterocycles. The van der Waals surface area contributed by atoms with Crippen LogP contribution in [-0.4, -0.2) is 25.3 Å². The molecule has 1 fully saturated rings. The number of hydrogen-bond donors (Lipinski definition) is 0. The predicted octanol–water partition coefficient (Wildman–Crippen LogP) is 2.23. The van der Waals surface area contributed by atoms with E-state index >= 15 is 0 Å². The molecule has 0 aromatic rings. The van der Waals surface area contributed by atoms with Crippen LogP contribution in [-0.2, 0) is 14.3 Å². The van der Waals surface area contributed by atoms with Crippen molar-refractivity contribution in [3.05, 3.63) is 24.3 Å². The van der Waals surface area contributed by atoms with Crippen molar-refractivity contribution in [3.63, 3.8) is 0 Å². The smallest absolute Gasteiger partial charge is 0.337 e. The van der Waals surface area contributed by atoms with Gasteiger partial charge in [0.05, 0.1) is 24.9 Å². The minimum atomic E-state index is -0.279. The van der Waals surface area contributed by atoms with Crippen molar-refractivity contribution < 1.29 is 14.3 Å². The van der Waals surface area contributed by atoms with Crippen molar-refractivity contribution in [3.8, 4) is 0 Å². The van der Waals surface area contributed by atoms with Crippen LogP contribution in [0.1, 0.15) is 26.2 Å². The van der Waals surface area contributed by atoms with Gasteiger partial charge in [-0.05, 0) is 12.8 Å². The molecule has 1 rings (SSSR count). The Bertz CT molecular complexity index is 252. The third-order valence-corrected chi connectivity index (χ3v) is 2.19. The lowest BCUT2D eigenvalue weighted by atomic mass is 10.2. The van der Waals surface area contributed by atoms with E-state index in [0.29, 0.717) is 18.3 Å². The van der Waals surface area contributed by atoms with Gasteiger partial charge in [0.2, 0.25) is 0 Å². The molecule has 0 saturated carbocycles. The fourth-order valence-corrected chi connectivity index (χ4v) is 1.11. The summed E-state index contributed by atoms with van der Waals surface area (Å²) in [6, 6.07) is 0. The molecule has 1 heterocycles.